The van der Waals surface area contributed by atoms with E-state index in [1.807, 2.05) is 36.4 Å². The fourth-order valence-corrected chi connectivity index (χ4v) is 6.88. The highest BCUT2D eigenvalue weighted by molar-refractivity contribution is 6.43. The molecule has 11 nitrogen and oxygen atoms in total. The van der Waals surface area contributed by atoms with Gasteiger partial charge in [0.2, 0.25) is 0 Å². The standard InChI is InChI=1S/C33H38Cl4N4O7/c1-4-11-40-24-16-20(36)21(37)17-25(24)41(12-8-13-47-33-30(44)28(42)29(43)31(48-33)32(45)46)27(40)10-7-9-26-38(5-2)22-14-18(34)19(35)15-23(22)39(26)6-3/h7,9-10,14-17,28-31,33,42-44H,4-6,8,11-13H2,1-3H3/p+1/t28-,29+,30?,31?,33-/m1/s1. The average Bonchev–Trinajstić information content (AvgIpc) is 3.49. The van der Waals surface area contributed by atoms with Gasteiger partial charge >= 0.3 is 5.97 Å². The third-order valence-electron chi connectivity index (χ3n) is 8.50. The van der Waals surface area contributed by atoms with Crippen LogP contribution in [0.5, 0.6) is 0 Å². The van der Waals surface area contributed by atoms with Gasteiger partial charge in [0.25, 0.3) is 5.82 Å². The predicted octanol–water partition coefficient (Wildman–Crippen LogP) is 5.47. The van der Waals surface area contributed by atoms with Crippen molar-refractivity contribution in [2.75, 3.05) is 29.5 Å². The molecule has 1 aromatic heterocycles. The fourth-order valence-electron chi connectivity index (χ4n) is 6.25. The molecule has 1 fully saturated rings. The number of aryl methyl sites for hydroxylation is 2. The van der Waals surface area contributed by atoms with Gasteiger partial charge in [-0.3, -0.25) is 0 Å². The summed E-state index contributed by atoms with van der Waals surface area (Å²) >= 11 is 25.7. The normalized spacial score (nSPS) is 22.7. The number of halogens is 4. The van der Waals surface area contributed by atoms with Crippen LogP contribution in [0, 0.1) is 0 Å². The van der Waals surface area contributed by atoms with Gasteiger partial charge in [0.15, 0.2) is 23.4 Å². The van der Waals surface area contributed by atoms with Crippen LogP contribution in [0.25, 0.3) is 17.1 Å². The molecular formula is C33H39Cl4N4O7+. The topological polar surface area (TPSA) is 132 Å². The largest absolute Gasteiger partial charge is 0.479 e. The monoisotopic (exact) mass is 743 g/mol. The van der Waals surface area contributed by atoms with Gasteiger partial charge in [0.1, 0.15) is 24.1 Å². The summed E-state index contributed by atoms with van der Waals surface area (Å²) in [4.78, 5) is 15.9. The van der Waals surface area contributed by atoms with E-state index in [2.05, 4.69) is 45.8 Å². The molecule has 3 heterocycles. The number of aliphatic hydroxyl groups excluding tert-OH is 3. The number of fused-ring (bicyclic) bond motifs is 2. The van der Waals surface area contributed by atoms with E-state index in [1.165, 1.54) is 0 Å². The predicted molar refractivity (Wildman–Crippen MR) is 187 cm³/mol. The molecule has 5 rings (SSSR count). The van der Waals surface area contributed by atoms with Gasteiger partial charge in [0.05, 0.1) is 51.2 Å². The highest BCUT2D eigenvalue weighted by Crippen LogP contribution is 2.45. The number of ether oxygens (including phenoxy) is 2. The number of aliphatic carboxylic acids is 1. The van der Waals surface area contributed by atoms with E-state index in [4.69, 9.17) is 55.9 Å². The van der Waals surface area contributed by atoms with E-state index in [0.717, 1.165) is 53.6 Å². The Morgan fingerprint density at radius 2 is 1.52 bits per heavy atom. The van der Waals surface area contributed by atoms with Crippen molar-refractivity contribution in [1.29, 1.82) is 0 Å². The number of carboxylic acids is 1. The summed E-state index contributed by atoms with van der Waals surface area (Å²) in [7, 11) is 0. The second-order valence-electron chi connectivity index (χ2n) is 11.5. The van der Waals surface area contributed by atoms with E-state index in [0.29, 0.717) is 39.6 Å². The van der Waals surface area contributed by atoms with Crippen molar-refractivity contribution in [2.45, 2.75) is 77.4 Å². The number of carbonyl (C=O) groups is 1. The Kier molecular flexibility index (Phi) is 11.9. The van der Waals surface area contributed by atoms with Crippen molar-refractivity contribution in [3.63, 3.8) is 0 Å². The van der Waals surface area contributed by atoms with Crippen LogP contribution in [0.15, 0.2) is 42.2 Å². The first-order valence-electron chi connectivity index (χ1n) is 15.8. The number of aliphatic hydroxyl groups is 3. The molecule has 0 spiro atoms. The number of hydrogen-bond donors (Lipinski definition) is 4. The minimum absolute atomic E-state index is 0.0547. The molecule has 2 aliphatic rings. The lowest BCUT2D eigenvalue weighted by atomic mass is 9.99. The summed E-state index contributed by atoms with van der Waals surface area (Å²) in [6.45, 7) is 8.89. The second-order valence-corrected chi connectivity index (χ2v) is 13.1. The van der Waals surface area contributed by atoms with Gasteiger partial charge in [-0.25, -0.2) is 13.9 Å². The minimum Gasteiger partial charge on any atom is -0.479 e. The van der Waals surface area contributed by atoms with Crippen molar-refractivity contribution in [3.8, 4) is 0 Å². The Morgan fingerprint density at radius 3 is 2.10 bits per heavy atom. The van der Waals surface area contributed by atoms with Crippen molar-refractivity contribution < 1.29 is 39.3 Å². The van der Waals surface area contributed by atoms with Crippen molar-refractivity contribution >= 4 is 80.9 Å². The molecule has 1 saturated heterocycles. The van der Waals surface area contributed by atoms with E-state index in [9.17, 15) is 25.2 Å². The molecule has 2 aromatic carbocycles. The number of anilines is 2. The molecule has 0 radical (unpaired) electrons. The Labute approximate surface area is 298 Å². The van der Waals surface area contributed by atoms with E-state index in [1.54, 1.807) is 0 Å². The number of carboxylic acid groups (broad SMARTS) is 1. The van der Waals surface area contributed by atoms with E-state index in [-0.39, 0.29) is 6.61 Å². The molecular weight excluding hydrogens is 706 g/mol. The molecule has 0 aliphatic carbocycles. The second kappa shape index (κ2) is 15.5. The molecule has 0 amide bonds. The Morgan fingerprint density at radius 1 is 0.917 bits per heavy atom. The van der Waals surface area contributed by atoms with Crippen LogP contribution in [0.2, 0.25) is 20.1 Å². The molecule has 4 N–H and O–H groups in total. The summed E-state index contributed by atoms with van der Waals surface area (Å²) in [5.41, 5.74) is 3.72. The number of hydrogen-bond acceptors (Lipinski definition) is 8. The zero-order chi connectivity index (χ0) is 34.9. The SMILES string of the molecule is CCC[n+]1c(C=CC=C2N(CC)c3cc(Cl)c(Cl)cc3N2CC)n(CCCO[C@@H]2OC(C(=O)O)[C@@H](O)[C@@H](O)C2O)c2cc(Cl)c(Cl)cc21. The van der Waals surface area contributed by atoms with Gasteiger partial charge in [-0.15, -0.1) is 0 Å². The number of nitrogens with zero attached hydrogens (tertiary/aromatic N) is 4. The van der Waals surface area contributed by atoms with Gasteiger partial charge in [-0.1, -0.05) is 59.4 Å². The lowest BCUT2D eigenvalue weighted by molar-refractivity contribution is -0.674. The first-order chi connectivity index (χ1) is 22.9. The van der Waals surface area contributed by atoms with Gasteiger partial charge < -0.3 is 39.7 Å². The number of imidazole rings is 1. The van der Waals surface area contributed by atoms with Crippen LogP contribution in [0.1, 0.15) is 39.4 Å². The maximum Gasteiger partial charge on any atom is 0.335 e. The highest BCUT2D eigenvalue weighted by Gasteiger charge is 2.47. The first-order valence-corrected chi connectivity index (χ1v) is 17.3. The molecule has 2 aliphatic heterocycles. The van der Waals surface area contributed by atoms with Gasteiger partial charge in [-0.2, -0.15) is 0 Å². The number of rotatable bonds is 12. The minimum atomic E-state index is -1.79. The van der Waals surface area contributed by atoms with Crippen molar-refractivity contribution in [1.82, 2.24) is 4.57 Å². The lowest BCUT2D eigenvalue weighted by Gasteiger charge is -2.38. The van der Waals surface area contributed by atoms with Crippen LogP contribution in [0.3, 0.4) is 0 Å². The van der Waals surface area contributed by atoms with Crippen LogP contribution in [-0.4, -0.2) is 81.4 Å². The maximum absolute atomic E-state index is 11.5. The fraction of sp³-hybridized carbons (Fsp3) is 0.455. The summed E-state index contributed by atoms with van der Waals surface area (Å²) in [5.74, 6) is 0.390. The zero-order valence-corrected chi connectivity index (χ0v) is 29.7. The molecule has 2 unspecified atom stereocenters. The lowest BCUT2D eigenvalue weighted by Crippen LogP contribution is -2.60. The highest BCUT2D eigenvalue weighted by atomic mass is 35.5. The quantitative estimate of drug-likeness (QED) is 0.141. The molecule has 48 heavy (non-hydrogen) atoms. The van der Waals surface area contributed by atoms with E-state index < -0.39 is 36.7 Å². The first kappa shape index (κ1) is 36.7. The average molecular weight is 746 g/mol. The Bertz CT molecular complexity index is 1690. The number of allylic oxidation sites excluding steroid dienone is 2. The van der Waals surface area contributed by atoms with Gasteiger partial charge in [0, 0.05) is 37.7 Å². The maximum atomic E-state index is 11.5. The van der Waals surface area contributed by atoms with Crippen molar-refractivity contribution in [2.24, 2.45) is 0 Å². The smallest absolute Gasteiger partial charge is 0.335 e. The summed E-state index contributed by atoms with van der Waals surface area (Å²) < 4.78 is 15.2. The Hall–Kier alpha value is -2.58. The van der Waals surface area contributed by atoms with Crippen molar-refractivity contribution in [3.05, 3.63) is 68.2 Å². The summed E-state index contributed by atoms with van der Waals surface area (Å²) in [6.07, 6.45) is -0.965. The third kappa shape index (κ3) is 7.03. The van der Waals surface area contributed by atoms with Crippen LogP contribution < -0.4 is 14.4 Å². The van der Waals surface area contributed by atoms with E-state index >= 15 is 0 Å². The summed E-state index contributed by atoms with van der Waals surface area (Å²) in [6, 6.07) is 7.45. The third-order valence-corrected chi connectivity index (χ3v) is 9.94. The summed E-state index contributed by atoms with van der Waals surface area (Å²) in [5, 5.41) is 41.6. The zero-order valence-electron chi connectivity index (χ0n) is 26.7. The number of benzene rings is 2. The van der Waals surface area contributed by atoms with Crippen LogP contribution in [0.4, 0.5) is 11.4 Å². The van der Waals surface area contributed by atoms with Crippen LogP contribution >= 0.6 is 46.4 Å². The molecule has 260 valence electrons. The molecule has 3 aromatic rings. The van der Waals surface area contributed by atoms with Gasteiger partial charge in [-0.05, 0) is 38.5 Å². The Balaban J connectivity index is 1.45. The molecule has 0 bridgehead atoms. The number of aromatic nitrogens is 2. The molecule has 0 saturated carbocycles. The van der Waals surface area contributed by atoms with Crippen LogP contribution in [-0.2, 0) is 27.4 Å². The molecule has 15 heteroatoms. The molecule has 5 atom stereocenters.